The van der Waals surface area contributed by atoms with Gasteiger partial charge in [0.05, 0.1) is 9.86 Å². The quantitative estimate of drug-likeness (QED) is 0.807. The molecular formula is C11H9BrFNO2. The van der Waals surface area contributed by atoms with Gasteiger partial charge in [0.25, 0.3) is 5.91 Å². The van der Waals surface area contributed by atoms with Gasteiger partial charge >= 0.3 is 0 Å². The van der Waals surface area contributed by atoms with Crippen molar-refractivity contribution in [3.63, 3.8) is 0 Å². The van der Waals surface area contributed by atoms with E-state index in [2.05, 4.69) is 15.9 Å². The first kappa shape index (κ1) is 11.1. The smallest absolute Gasteiger partial charge is 0.289 e. The van der Waals surface area contributed by atoms with E-state index in [1.54, 1.807) is 26.2 Å². The molecule has 0 bridgehead atoms. The molecule has 0 radical (unpaired) electrons. The van der Waals surface area contributed by atoms with Crippen molar-refractivity contribution in [2.24, 2.45) is 0 Å². The monoisotopic (exact) mass is 285 g/mol. The summed E-state index contributed by atoms with van der Waals surface area (Å²) in [6.07, 6.45) is 0. The van der Waals surface area contributed by atoms with E-state index in [0.717, 1.165) is 0 Å². The SMILES string of the molecule is CN(C)C(=O)c1cc2c(F)c(Br)ccc2o1. The Bertz CT molecular complexity index is 562. The Hall–Kier alpha value is -1.36. The molecule has 0 spiro atoms. The lowest BCUT2D eigenvalue weighted by atomic mass is 10.2. The maximum Gasteiger partial charge on any atom is 0.289 e. The van der Waals surface area contributed by atoms with Crippen molar-refractivity contribution in [3.8, 4) is 0 Å². The van der Waals surface area contributed by atoms with Crippen LogP contribution < -0.4 is 0 Å². The molecule has 3 nitrogen and oxygen atoms in total. The van der Waals surface area contributed by atoms with Gasteiger partial charge in [0.2, 0.25) is 0 Å². The molecular weight excluding hydrogens is 277 g/mol. The second-order valence-corrected chi connectivity index (χ2v) is 4.44. The van der Waals surface area contributed by atoms with E-state index in [1.165, 1.54) is 11.0 Å². The summed E-state index contributed by atoms with van der Waals surface area (Å²) in [6, 6.07) is 4.58. The molecule has 5 heteroatoms. The number of carbonyl (C=O) groups is 1. The minimum absolute atomic E-state index is 0.136. The largest absolute Gasteiger partial charge is 0.451 e. The summed E-state index contributed by atoms with van der Waals surface area (Å²) in [5.74, 6) is -0.567. The van der Waals surface area contributed by atoms with Gasteiger partial charge in [0.15, 0.2) is 5.76 Å². The van der Waals surface area contributed by atoms with E-state index >= 15 is 0 Å². The minimum atomic E-state index is -0.418. The lowest BCUT2D eigenvalue weighted by Crippen LogP contribution is -2.20. The molecule has 0 saturated heterocycles. The van der Waals surface area contributed by atoms with Gasteiger partial charge in [-0.2, -0.15) is 0 Å². The Morgan fingerprint density at radius 1 is 1.44 bits per heavy atom. The Balaban J connectivity index is 2.61. The summed E-state index contributed by atoms with van der Waals surface area (Å²) < 4.78 is 19.3. The summed E-state index contributed by atoms with van der Waals surface area (Å²) in [5.41, 5.74) is 0.367. The average molecular weight is 286 g/mol. The number of halogens is 2. The standard InChI is InChI=1S/C11H9BrFNO2/c1-14(2)11(15)9-5-6-8(16-9)4-3-7(12)10(6)13/h3-5H,1-2H3. The van der Waals surface area contributed by atoms with Crippen molar-refractivity contribution < 1.29 is 13.6 Å². The highest BCUT2D eigenvalue weighted by molar-refractivity contribution is 9.10. The topological polar surface area (TPSA) is 33.5 Å². The summed E-state index contributed by atoms with van der Waals surface area (Å²) in [5, 5.41) is 0.305. The van der Waals surface area contributed by atoms with Gasteiger partial charge < -0.3 is 9.32 Å². The minimum Gasteiger partial charge on any atom is -0.451 e. The van der Waals surface area contributed by atoms with Gasteiger partial charge in [-0.15, -0.1) is 0 Å². The zero-order valence-corrected chi connectivity index (χ0v) is 10.3. The molecule has 2 aromatic rings. The number of furan rings is 1. The van der Waals surface area contributed by atoms with Gasteiger partial charge in [0, 0.05) is 20.2 Å². The van der Waals surface area contributed by atoms with Crippen LogP contribution in [-0.4, -0.2) is 24.9 Å². The molecule has 0 aliphatic rings. The molecule has 1 amide bonds. The van der Waals surface area contributed by atoms with Crippen LogP contribution in [0.3, 0.4) is 0 Å². The van der Waals surface area contributed by atoms with Gasteiger partial charge in [-0.1, -0.05) is 0 Å². The van der Waals surface area contributed by atoms with E-state index in [4.69, 9.17) is 4.42 Å². The maximum atomic E-state index is 13.6. The van der Waals surface area contributed by atoms with Gasteiger partial charge in [-0.25, -0.2) is 4.39 Å². The third kappa shape index (κ3) is 1.71. The first-order valence-corrected chi connectivity index (χ1v) is 5.39. The number of nitrogens with zero attached hydrogens (tertiary/aromatic N) is 1. The van der Waals surface area contributed by atoms with E-state index in [0.29, 0.717) is 15.4 Å². The number of fused-ring (bicyclic) bond motifs is 1. The average Bonchev–Trinajstić information content (AvgIpc) is 2.67. The van der Waals surface area contributed by atoms with Crippen molar-refractivity contribution in [1.29, 1.82) is 0 Å². The van der Waals surface area contributed by atoms with Crippen molar-refractivity contribution in [1.82, 2.24) is 4.90 Å². The molecule has 0 N–H and O–H groups in total. The van der Waals surface area contributed by atoms with Gasteiger partial charge in [-0.3, -0.25) is 4.79 Å². The number of rotatable bonds is 1. The predicted octanol–water partition coefficient (Wildman–Crippen LogP) is 3.04. The predicted molar refractivity (Wildman–Crippen MR) is 61.9 cm³/mol. The van der Waals surface area contributed by atoms with E-state index in [-0.39, 0.29) is 11.7 Å². The molecule has 0 aliphatic heterocycles. The zero-order valence-electron chi connectivity index (χ0n) is 8.75. The molecule has 0 fully saturated rings. The third-order valence-electron chi connectivity index (χ3n) is 2.20. The van der Waals surface area contributed by atoms with Crippen LogP contribution in [0, 0.1) is 5.82 Å². The Morgan fingerprint density at radius 2 is 2.12 bits per heavy atom. The molecule has 0 aliphatic carbocycles. The lowest BCUT2D eigenvalue weighted by Gasteiger charge is -2.06. The van der Waals surface area contributed by atoms with Crippen LogP contribution in [0.4, 0.5) is 4.39 Å². The van der Waals surface area contributed by atoms with Crippen LogP contribution in [0.25, 0.3) is 11.0 Å². The Morgan fingerprint density at radius 3 is 2.75 bits per heavy atom. The molecule has 1 heterocycles. The van der Waals surface area contributed by atoms with Crippen molar-refractivity contribution in [3.05, 3.63) is 34.2 Å². The van der Waals surface area contributed by atoms with E-state index in [1.807, 2.05) is 0 Å². The van der Waals surface area contributed by atoms with Gasteiger partial charge in [-0.05, 0) is 28.1 Å². The van der Waals surface area contributed by atoms with Crippen molar-refractivity contribution >= 4 is 32.8 Å². The molecule has 0 atom stereocenters. The molecule has 0 unspecified atom stereocenters. The fourth-order valence-corrected chi connectivity index (χ4v) is 1.72. The van der Waals surface area contributed by atoms with Crippen LogP contribution >= 0.6 is 15.9 Å². The molecule has 0 saturated carbocycles. The third-order valence-corrected chi connectivity index (χ3v) is 2.82. The summed E-state index contributed by atoms with van der Waals surface area (Å²) >= 11 is 3.08. The molecule has 84 valence electrons. The molecule has 16 heavy (non-hydrogen) atoms. The highest BCUT2D eigenvalue weighted by atomic mass is 79.9. The number of hydrogen-bond acceptors (Lipinski definition) is 2. The molecule has 1 aromatic heterocycles. The number of carbonyl (C=O) groups excluding carboxylic acids is 1. The second kappa shape index (κ2) is 3.90. The Kier molecular flexibility index (Phi) is 2.71. The number of hydrogen-bond donors (Lipinski definition) is 0. The van der Waals surface area contributed by atoms with E-state index < -0.39 is 5.82 Å². The Labute approximate surface area is 100.0 Å². The molecule has 1 aromatic carbocycles. The highest BCUT2D eigenvalue weighted by Crippen LogP contribution is 2.27. The zero-order chi connectivity index (χ0) is 11.9. The van der Waals surface area contributed by atoms with Crippen LogP contribution in [-0.2, 0) is 0 Å². The van der Waals surface area contributed by atoms with Gasteiger partial charge in [0.1, 0.15) is 11.4 Å². The summed E-state index contributed by atoms with van der Waals surface area (Å²) in [7, 11) is 3.23. The maximum absolute atomic E-state index is 13.6. The molecule has 2 rings (SSSR count). The highest BCUT2D eigenvalue weighted by Gasteiger charge is 2.16. The van der Waals surface area contributed by atoms with Crippen molar-refractivity contribution in [2.45, 2.75) is 0 Å². The normalized spacial score (nSPS) is 10.8. The second-order valence-electron chi connectivity index (χ2n) is 3.58. The first-order chi connectivity index (χ1) is 7.50. The van der Waals surface area contributed by atoms with Crippen LogP contribution in [0.2, 0.25) is 0 Å². The van der Waals surface area contributed by atoms with Crippen LogP contribution in [0.1, 0.15) is 10.6 Å². The number of benzene rings is 1. The fraction of sp³-hybridized carbons (Fsp3) is 0.182. The van der Waals surface area contributed by atoms with Crippen molar-refractivity contribution in [2.75, 3.05) is 14.1 Å². The van der Waals surface area contributed by atoms with Crippen LogP contribution in [0.15, 0.2) is 27.1 Å². The summed E-state index contributed by atoms with van der Waals surface area (Å²) in [6.45, 7) is 0. The lowest BCUT2D eigenvalue weighted by molar-refractivity contribution is 0.0799. The summed E-state index contributed by atoms with van der Waals surface area (Å²) in [4.78, 5) is 13.0. The number of amides is 1. The van der Waals surface area contributed by atoms with E-state index in [9.17, 15) is 9.18 Å². The fourth-order valence-electron chi connectivity index (χ4n) is 1.38. The first-order valence-electron chi connectivity index (χ1n) is 4.60. The van der Waals surface area contributed by atoms with Crippen LogP contribution in [0.5, 0.6) is 0 Å².